The van der Waals surface area contributed by atoms with Crippen LogP contribution in [0.4, 0.5) is 8.78 Å². The van der Waals surface area contributed by atoms with Crippen LogP contribution in [-0.4, -0.2) is 22.1 Å². The molecule has 0 N–H and O–H groups in total. The van der Waals surface area contributed by atoms with Gasteiger partial charge in [-0.05, 0) is 35.9 Å². The molecule has 130 valence electrons. The maximum Gasteiger partial charge on any atom is 0.387 e. The van der Waals surface area contributed by atoms with Gasteiger partial charge in [-0.2, -0.15) is 14.0 Å². The summed E-state index contributed by atoms with van der Waals surface area (Å²) >= 11 is 0. The van der Waals surface area contributed by atoms with Gasteiger partial charge in [-0.3, -0.25) is 0 Å². The first-order valence-electron chi connectivity index (χ1n) is 6.93. The predicted molar refractivity (Wildman–Crippen MR) is 86.8 cm³/mol. The van der Waals surface area contributed by atoms with Crippen molar-refractivity contribution in [3.63, 3.8) is 0 Å². The fraction of sp³-hybridized carbons (Fsp3) is 0.118. The van der Waals surface area contributed by atoms with Crippen molar-refractivity contribution in [1.29, 1.82) is 5.26 Å². The Bertz CT molecular complexity index is 919. The summed E-state index contributed by atoms with van der Waals surface area (Å²) in [5, 5.41) is 9.23. The molecule has 0 fully saturated rings. The van der Waals surface area contributed by atoms with E-state index in [1.165, 1.54) is 37.4 Å². The number of benzene rings is 2. The van der Waals surface area contributed by atoms with Crippen LogP contribution < -0.4 is 9.47 Å². The average Bonchev–Trinajstić information content (AvgIpc) is 2.60. The lowest BCUT2D eigenvalue weighted by atomic mass is 10.2. The Balaban J connectivity index is 2.45. The number of nitrogens with zero attached hydrogens (tertiary/aromatic N) is 1. The minimum Gasteiger partial charge on any atom is -0.493 e. The van der Waals surface area contributed by atoms with Crippen LogP contribution in [0.2, 0.25) is 0 Å². The number of hydrogen-bond donors (Lipinski definition) is 0. The van der Waals surface area contributed by atoms with Gasteiger partial charge < -0.3 is 9.47 Å². The van der Waals surface area contributed by atoms with Crippen LogP contribution in [-0.2, 0) is 9.84 Å². The van der Waals surface area contributed by atoms with Crippen molar-refractivity contribution in [2.24, 2.45) is 0 Å². The van der Waals surface area contributed by atoms with Gasteiger partial charge in [-0.15, -0.1) is 0 Å². The van der Waals surface area contributed by atoms with Gasteiger partial charge in [-0.1, -0.05) is 24.3 Å². The van der Waals surface area contributed by atoms with Crippen LogP contribution in [0.3, 0.4) is 0 Å². The predicted octanol–water partition coefficient (Wildman–Crippen LogP) is 3.63. The molecule has 0 aliphatic carbocycles. The van der Waals surface area contributed by atoms with E-state index >= 15 is 0 Å². The van der Waals surface area contributed by atoms with Crippen molar-refractivity contribution in [3.8, 4) is 17.6 Å². The molecule has 0 bridgehead atoms. The molecule has 0 saturated heterocycles. The summed E-state index contributed by atoms with van der Waals surface area (Å²) in [7, 11) is -2.73. The highest BCUT2D eigenvalue weighted by molar-refractivity contribution is 7.95. The summed E-state index contributed by atoms with van der Waals surface area (Å²) in [4.78, 5) is -0.504. The highest BCUT2D eigenvalue weighted by atomic mass is 32.2. The first-order chi connectivity index (χ1) is 11.9. The number of nitriles is 1. The summed E-state index contributed by atoms with van der Waals surface area (Å²) in [6.45, 7) is -3.02. The van der Waals surface area contributed by atoms with Gasteiger partial charge in [0.15, 0.2) is 11.5 Å². The van der Waals surface area contributed by atoms with Gasteiger partial charge >= 0.3 is 6.61 Å². The molecule has 2 rings (SSSR count). The molecule has 0 aliphatic heterocycles. The molecule has 0 heterocycles. The fourth-order valence-electron chi connectivity index (χ4n) is 2.02. The zero-order valence-electron chi connectivity index (χ0n) is 13.0. The molecule has 2 aromatic rings. The quantitative estimate of drug-likeness (QED) is 0.731. The lowest BCUT2D eigenvalue weighted by Crippen LogP contribution is -2.04. The number of hydrogen-bond acceptors (Lipinski definition) is 5. The third kappa shape index (κ3) is 4.33. The van der Waals surface area contributed by atoms with E-state index in [-0.39, 0.29) is 22.0 Å². The zero-order valence-corrected chi connectivity index (χ0v) is 13.8. The summed E-state index contributed by atoms with van der Waals surface area (Å²) in [6, 6.07) is 13.0. The second kappa shape index (κ2) is 7.77. The van der Waals surface area contributed by atoms with Gasteiger partial charge in [0, 0.05) is 0 Å². The molecule has 0 radical (unpaired) electrons. The number of allylic oxidation sites excluding steroid dienone is 1. The average molecular weight is 365 g/mol. The standard InChI is InChI=1S/C17H13F2NO4S/c1-23-16-10-12(7-8-15(16)24-17(18)19)9-14(11-20)25(21,22)13-5-3-2-4-6-13/h2-10,17H,1H3. The molecule has 25 heavy (non-hydrogen) atoms. The molecule has 0 unspecified atom stereocenters. The SMILES string of the molecule is COc1cc(C=C(C#N)S(=O)(=O)c2ccccc2)ccc1OC(F)F. The van der Waals surface area contributed by atoms with Crippen LogP contribution in [0, 0.1) is 11.3 Å². The normalized spacial score (nSPS) is 11.9. The van der Waals surface area contributed by atoms with Crippen LogP contribution in [0.15, 0.2) is 58.3 Å². The molecule has 0 aromatic heterocycles. The minimum absolute atomic E-state index is 0.0107. The Morgan fingerprint density at radius 2 is 1.84 bits per heavy atom. The second-order valence-corrected chi connectivity index (χ2v) is 6.64. The Kier molecular flexibility index (Phi) is 5.72. The van der Waals surface area contributed by atoms with E-state index < -0.39 is 21.4 Å². The van der Waals surface area contributed by atoms with Crippen molar-refractivity contribution >= 4 is 15.9 Å². The Hall–Kier alpha value is -2.92. The van der Waals surface area contributed by atoms with Gasteiger partial charge in [0.25, 0.3) is 0 Å². The van der Waals surface area contributed by atoms with E-state index in [1.54, 1.807) is 24.3 Å². The second-order valence-electron chi connectivity index (χ2n) is 4.73. The van der Waals surface area contributed by atoms with Crippen LogP contribution >= 0.6 is 0 Å². The maximum absolute atomic E-state index is 12.5. The number of sulfone groups is 1. The van der Waals surface area contributed by atoms with E-state index in [1.807, 2.05) is 0 Å². The molecule has 2 aromatic carbocycles. The molecule has 8 heteroatoms. The van der Waals surface area contributed by atoms with Crippen LogP contribution in [0.25, 0.3) is 6.08 Å². The fourth-order valence-corrected chi connectivity index (χ4v) is 3.20. The molecule has 0 spiro atoms. The first-order valence-corrected chi connectivity index (χ1v) is 8.41. The Morgan fingerprint density at radius 1 is 1.16 bits per heavy atom. The Morgan fingerprint density at radius 3 is 2.40 bits per heavy atom. The third-order valence-electron chi connectivity index (χ3n) is 3.15. The zero-order chi connectivity index (χ0) is 18.4. The van der Waals surface area contributed by atoms with E-state index in [9.17, 15) is 22.5 Å². The van der Waals surface area contributed by atoms with E-state index in [0.29, 0.717) is 0 Å². The van der Waals surface area contributed by atoms with Crippen molar-refractivity contribution in [3.05, 3.63) is 59.0 Å². The lowest BCUT2D eigenvalue weighted by molar-refractivity contribution is -0.0512. The van der Waals surface area contributed by atoms with Crippen molar-refractivity contribution < 1.29 is 26.7 Å². The largest absolute Gasteiger partial charge is 0.493 e. The number of methoxy groups -OCH3 is 1. The first kappa shape index (κ1) is 18.4. The molecular weight excluding hydrogens is 352 g/mol. The minimum atomic E-state index is -3.99. The highest BCUT2D eigenvalue weighted by Crippen LogP contribution is 2.31. The molecule has 0 saturated carbocycles. The molecular formula is C17H13F2NO4S. The van der Waals surface area contributed by atoms with Crippen molar-refractivity contribution in [2.75, 3.05) is 7.11 Å². The third-order valence-corrected chi connectivity index (χ3v) is 4.84. The summed E-state index contributed by atoms with van der Waals surface area (Å²) in [5.74, 6) is -0.206. The maximum atomic E-state index is 12.5. The number of alkyl halides is 2. The van der Waals surface area contributed by atoms with Crippen molar-refractivity contribution in [1.82, 2.24) is 0 Å². The van der Waals surface area contributed by atoms with Crippen LogP contribution in [0.1, 0.15) is 5.56 Å². The van der Waals surface area contributed by atoms with E-state index in [0.717, 1.165) is 6.08 Å². The Labute approximate surface area is 143 Å². The summed E-state index contributed by atoms with van der Waals surface area (Å²) in [6.07, 6.45) is 1.14. The van der Waals surface area contributed by atoms with E-state index in [4.69, 9.17) is 4.74 Å². The van der Waals surface area contributed by atoms with Gasteiger partial charge in [-0.25, -0.2) is 8.42 Å². The summed E-state index contributed by atoms with van der Waals surface area (Å²) < 4.78 is 58.9. The highest BCUT2D eigenvalue weighted by Gasteiger charge is 2.20. The molecule has 0 atom stereocenters. The topological polar surface area (TPSA) is 76.4 Å². The van der Waals surface area contributed by atoms with Crippen LogP contribution in [0.5, 0.6) is 11.5 Å². The molecule has 0 amide bonds. The molecule has 5 nitrogen and oxygen atoms in total. The van der Waals surface area contributed by atoms with Gasteiger partial charge in [0.2, 0.25) is 9.84 Å². The van der Waals surface area contributed by atoms with Crippen molar-refractivity contribution in [2.45, 2.75) is 11.5 Å². The molecule has 0 aliphatic rings. The smallest absolute Gasteiger partial charge is 0.387 e. The monoisotopic (exact) mass is 365 g/mol. The summed E-state index contributed by atoms with van der Waals surface area (Å²) in [5.41, 5.74) is 0.287. The van der Waals surface area contributed by atoms with Gasteiger partial charge in [0.1, 0.15) is 11.0 Å². The lowest BCUT2D eigenvalue weighted by Gasteiger charge is -2.10. The number of rotatable bonds is 6. The number of ether oxygens (including phenoxy) is 2. The number of halogens is 2. The van der Waals surface area contributed by atoms with E-state index in [2.05, 4.69) is 4.74 Å². The van der Waals surface area contributed by atoms with Gasteiger partial charge in [0.05, 0.1) is 12.0 Å².